The number of unbranched alkanes of at least 4 members (excludes halogenated alkanes) is 6. The van der Waals surface area contributed by atoms with Crippen molar-refractivity contribution in [1.82, 2.24) is 0 Å². The van der Waals surface area contributed by atoms with Gasteiger partial charge in [0.25, 0.3) is 0 Å². The summed E-state index contributed by atoms with van der Waals surface area (Å²) in [5.74, 6) is 2.82. The molecule has 0 aromatic carbocycles. The van der Waals surface area contributed by atoms with Crippen molar-refractivity contribution in [3.63, 3.8) is 0 Å². The Morgan fingerprint density at radius 1 is 0.500 bits per heavy atom. The Labute approximate surface area is 318 Å². The first kappa shape index (κ1) is 41.4. The molecule has 6 heteroatoms. The molecule has 0 heterocycles. The Kier molecular flexibility index (Phi) is 18.5. The average molecular weight is 723 g/mol. The summed E-state index contributed by atoms with van der Waals surface area (Å²) in [6, 6.07) is 1.03. The first-order valence-electron chi connectivity index (χ1n) is 23.0. The number of aliphatic imine (C=N–C) groups is 2. The monoisotopic (exact) mass is 723 g/mol. The molecule has 0 saturated heterocycles. The number of nitrogens with zero attached hydrogens (tertiary/aromatic N) is 2. The summed E-state index contributed by atoms with van der Waals surface area (Å²) in [5.41, 5.74) is 0. The lowest BCUT2D eigenvalue weighted by Crippen LogP contribution is -2.35. The maximum Gasteiger partial charge on any atom is 0.309 e. The molecule has 5 aliphatic rings. The highest BCUT2D eigenvalue weighted by molar-refractivity contribution is 5.74. The third kappa shape index (κ3) is 14.5. The Morgan fingerprint density at radius 2 is 0.904 bits per heavy atom. The zero-order valence-electron chi connectivity index (χ0n) is 33.7. The first-order chi connectivity index (χ1) is 25.5. The molecule has 296 valence electrons. The van der Waals surface area contributed by atoms with Crippen molar-refractivity contribution in [2.24, 2.45) is 45.5 Å². The molecule has 0 aromatic rings. The van der Waals surface area contributed by atoms with Gasteiger partial charge in [0, 0.05) is 30.9 Å². The summed E-state index contributed by atoms with van der Waals surface area (Å²) >= 11 is 0. The van der Waals surface area contributed by atoms with Crippen LogP contribution in [0.5, 0.6) is 0 Å². The lowest BCUT2D eigenvalue weighted by Gasteiger charge is -2.33. The minimum Gasteiger partial charge on any atom is -0.462 e. The Morgan fingerprint density at radius 3 is 1.29 bits per heavy atom. The van der Waals surface area contributed by atoms with Crippen LogP contribution in [0.1, 0.15) is 206 Å². The van der Waals surface area contributed by atoms with Crippen molar-refractivity contribution in [2.45, 2.75) is 231 Å². The molecule has 5 rings (SSSR count). The fourth-order valence-corrected chi connectivity index (χ4v) is 10.2. The second-order valence-electron chi connectivity index (χ2n) is 18.2. The smallest absolute Gasteiger partial charge is 0.309 e. The van der Waals surface area contributed by atoms with E-state index in [1.54, 1.807) is 0 Å². The van der Waals surface area contributed by atoms with Gasteiger partial charge in [0.1, 0.15) is 12.2 Å². The van der Waals surface area contributed by atoms with Gasteiger partial charge in [-0.1, -0.05) is 78.1 Å². The molecule has 5 aliphatic carbocycles. The number of carbonyl (C=O) groups is 2. The number of esters is 2. The van der Waals surface area contributed by atoms with E-state index in [4.69, 9.17) is 19.5 Å². The maximum absolute atomic E-state index is 13.2. The van der Waals surface area contributed by atoms with Crippen molar-refractivity contribution in [2.75, 3.05) is 0 Å². The molecule has 0 spiro atoms. The van der Waals surface area contributed by atoms with Crippen molar-refractivity contribution in [3.05, 3.63) is 0 Å². The molecule has 0 radical (unpaired) electrons. The summed E-state index contributed by atoms with van der Waals surface area (Å²) in [5, 5.41) is 0. The highest BCUT2D eigenvalue weighted by Crippen LogP contribution is 2.35. The quantitative estimate of drug-likeness (QED) is 0.0801. The molecule has 52 heavy (non-hydrogen) atoms. The van der Waals surface area contributed by atoms with E-state index in [0.717, 1.165) is 82.5 Å². The molecule has 0 aliphatic heterocycles. The zero-order chi connectivity index (χ0) is 36.4. The van der Waals surface area contributed by atoms with Crippen molar-refractivity contribution < 1.29 is 19.1 Å². The van der Waals surface area contributed by atoms with E-state index < -0.39 is 0 Å². The van der Waals surface area contributed by atoms with Crippen LogP contribution in [-0.2, 0) is 19.1 Å². The van der Waals surface area contributed by atoms with Crippen LogP contribution in [0.25, 0.3) is 0 Å². The lowest BCUT2D eigenvalue weighted by atomic mass is 9.81. The van der Waals surface area contributed by atoms with Gasteiger partial charge in [0.05, 0.1) is 11.8 Å². The number of carbonyl (C=O) groups excluding carboxylic acids is 2. The number of rotatable bonds is 18. The van der Waals surface area contributed by atoms with Crippen LogP contribution in [0.2, 0.25) is 0 Å². The lowest BCUT2D eigenvalue weighted by molar-refractivity contribution is -0.165. The topological polar surface area (TPSA) is 77.3 Å². The van der Waals surface area contributed by atoms with Gasteiger partial charge in [-0.3, -0.25) is 19.6 Å². The van der Waals surface area contributed by atoms with Crippen molar-refractivity contribution in [3.8, 4) is 0 Å². The van der Waals surface area contributed by atoms with Gasteiger partial charge in [-0.15, -0.1) is 0 Å². The molecule has 6 nitrogen and oxygen atoms in total. The fraction of sp³-hybridized carbons (Fsp3) is 0.913. The summed E-state index contributed by atoms with van der Waals surface area (Å²) in [4.78, 5) is 36.4. The zero-order valence-corrected chi connectivity index (χ0v) is 33.7. The van der Waals surface area contributed by atoms with Crippen molar-refractivity contribution >= 4 is 24.4 Å². The fourth-order valence-electron chi connectivity index (χ4n) is 10.2. The van der Waals surface area contributed by atoms with Gasteiger partial charge in [-0.05, 0) is 146 Å². The Bertz CT molecular complexity index is 976. The van der Waals surface area contributed by atoms with Gasteiger partial charge in [0.2, 0.25) is 0 Å². The minimum atomic E-state index is -0.122. The van der Waals surface area contributed by atoms with Crippen LogP contribution in [0, 0.1) is 35.5 Å². The summed E-state index contributed by atoms with van der Waals surface area (Å²) in [6.45, 7) is 4.58. The first-order valence-corrected chi connectivity index (χ1v) is 23.0. The number of ether oxygens (including phenoxy) is 2. The molecule has 0 N–H and O–H groups in total. The SMILES string of the molecule is CCCCCCC1CCC(N=CC2CCC(C(=O)OC3CCCC(OC(=O)C4CCC(C=NC5CCC(CCCCCC)CC5)CC4)C3)CC2)CC1. The van der Waals surface area contributed by atoms with Gasteiger partial charge in [0.15, 0.2) is 0 Å². The third-order valence-corrected chi connectivity index (χ3v) is 13.9. The summed E-state index contributed by atoms with van der Waals surface area (Å²) < 4.78 is 12.1. The molecular formula is C46H78N2O4. The maximum atomic E-state index is 13.2. The average Bonchev–Trinajstić information content (AvgIpc) is 3.18. The van der Waals surface area contributed by atoms with E-state index in [1.807, 2.05) is 0 Å². The third-order valence-electron chi connectivity index (χ3n) is 13.9. The van der Waals surface area contributed by atoms with E-state index in [1.165, 1.54) is 116 Å². The molecule has 2 unspecified atom stereocenters. The second kappa shape index (κ2) is 23.3. The van der Waals surface area contributed by atoms with Gasteiger partial charge < -0.3 is 9.47 Å². The Balaban J connectivity index is 0.914. The normalized spacial score (nSPS) is 34.7. The molecule has 0 bridgehead atoms. The van der Waals surface area contributed by atoms with Gasteiger partial charge >= 0.3 is 11.9 Å². The Hall–Kier alpha value is -1.72. The molecular weight excluding hydrogens is 645 g/mol. The van der Waals surface area contributed by atoms with Gasteiger partial charge in [-0.25, -0.2) is 0 Å². The molecule has 2 atom stereocenters. The van der Waals surface area contributed by atoms with E-state index in [2.05, 4.69) is 26.3 Å². The molecule has 5 fully saturated rings. The van der Waals surface area contributed by atoms with E-state index in [0.29, 0.717) is 30.3 Å². The van der Waals surface area contributed by atoms with Crippen LogP contribution in [0.15, 0.2) is 9.98 Å². The predicted octanol–water partition coefficient (Wildman–Crippen LogP) is 12.2. The van der Waals surface area contributed by atoms with Crippen LogP contribution in [0.3, 0.4) is 0 Å². The molecule has 0 amide bonds. The minimum absolute atomic E-state index is 0.00444. The highest BCUT2D eigenvalue weighted by atomic mass is 16.6. The van der Waals surface area contributed by atoms with Crippen LogP contribution >= 0.6 is 0 Å². The standard InChI is InChI=1S/C46H78N2O4/c1-3-5-7-9-12-35-20-28-41(29-21-35)47-33-37-16-24-39(25-17-37)45(49)51-43-14-11-15-44(32-43)52-46(50)40-26-18-38(19-27-40)34-48-42-30-22-36(23-31-42)13-10-8-6-4-2/h33-44H,3-32H2,1-2H3. The van der Waals surface area contributed by atoms with Crippen molar-refractivity contribution in [1.29, 1.82) is 0 Å². The highest BCUT2D eigenvalue weighted by Gasteiger charge is 2.34. The second-order valence-corrected chi connectivity index (χ2v) is 18.2. The van der Waals surface area contributed by atoms with Crippen LogP contribution < -0.4 is 0 Å². The summed E-state index contributed by atoms with van der Waals surface area (Å²) in [6.07, 6.45) is 39.7. The number of hydrogen-bond acceptors (Lipinski definition) is 6. The number of hydrogen-bond donors (Lipinski definition) is 0. The van der Waals surface area contributed by atoms with Crippen LogP contribution in [-0.4, -0.2) is 48.7 Å². The predicted molar refractivity (Wildman–Crippen MR) is 215 cm³/mol. The summed E-state index contributed by atoms with van der Waals surface area (Å²) in [7, 11) is 0. The molecule has 0 aromatic heterocycles. The van der Waals surface area contributed by atoms with E-state index in [-0.39, 0.29) is 36.0 Å². The largest absolute Gasteiger partial charge is 0.462 e. The van der Waals surface area contributed by atoms with E-state index in [9.17, 15) is 9.59 Å². The molecule has 5 saturated carbocycles. The van der Waals surface area contributed by atoms with E-state index >= 15 is 0 Å². The van der Waals surface area contributed by atoms with Crippen LogP contribution in [0.4, 0.5) is 0 Å². The van der Waals surface area contributed by atoms with Gasteiger partial charge in [-0.2, -0.15) is 0 Å².